The number of nitrogens with one attached hydrogen (secondary N) is 5. The van der Waals surface area contributed by atoms with E-state index < -0.39 is 42.4 Å². The zero-order valence-electron chi connectivity index (χ0n) is 24.4. The number of aromatic nitrogens is 2. The van der Waals surface area contributed by atoms with E-state index in [4.69, 9.17) is 4.74 Å². The number of amides is 4. The number of aromatic amines is 1. The van der Waals surface area contributed by atoms with Crippen molar-refractivity contribution >= 4 is 29.6 Å². The van der Waals surface area contributed by atoms with Gasteiger partial charge in [-0.1, -0.05) is 18.9 Å². The molecule has 16 heteroatoms. The van der Waals surface area contributed by atoms with Crippen LogP contribution in [-0.4, -0.2) is 97.3 Å². The standard InChI is InChI=1S/C28H42N6O9S/c35-14-18-23(38)24(39)26(43-18)34-13-16(25(40)33-28(34)42)7-6-12-30-20(36)9-2-1-5-11-29-21(37)10-4-3-8-19-22-17(15-44-19)31-27(41)32-22/h6,12-13,17-19,22-24,26,35,38-39H,1-5,7-11,14-15H2,(H,29,37)(H,30,36)(H2,31,32,41)(H,33,40,42)/t17-,18+,19-,22-,23+,24+,26+/m0/s1. The van der Waals surface area contributed by atoms with Crippen LogP contribution >= 0.6 is 11.8 Å². The number of unbranched alkanes of at least 4 members (excludes halogenated alkanes) is 3. The maximum atomic E-state index is 12.2. The number of hydrogen-bond donors (Lipinski definition) is 8. The second kappa shape index (κ2) is 16.2. The number of urea groups is 1. The van der Waals surface area contributed by atoms with Gasteiger partial charge in [0, 0.05) is 48.3 Å². The molecule has 0 radical (unpaired) electrons. The van der Waals surface area contributed by atoms with Gasteiger partial charge in [-0.3, -0.25) is 23.9 Å². The van der Waals surface area contributed by atoms with Crippen LogP contribution in [-0.2, 0) is 20.7 Å². The van der Waals surface area contributed by atoms with E-state index in [1.54, 1.807) is 0 Å². The van der Waals surface area contributed by atoms with Crippen LogP contribution in [0.5, 0.6) is 0 Å². The number of aliphatic hydroxyl groups is 3. The highest BCUT2D eigenvalue weighted by Gasteiger charge is 2.44. The van der Waals surface area contributed by atoms with Crippen LogP contribution in [0.4, 0.5) is 4.79 Å². The smallest absolute Gasteiger partial charge is 0.330 e. The Bertz CT molecular complexity index is 1300. The van der Waals surface area contributed by atoms with Crippen LogP contribution in [0.15, 0.2) is 28.1 Å². The van der Waals surface area contributed by atoms with Gasteiger partial charge in [-0.15, -0.1) is 0 Å². The van der Waals surface area contributed by atoms with Crippen LogP contribution in [0.25, 0.3) is 0 Å². The summed E-state index contributed by atoms with van der Waals surface area (Å²) < 4.78 is 6.31. The van der Waals surface area contributed by atoms with Crippen molar-refractivity contribution in [2.45, 2.75) is 99.7 Å². The first-order chi connectivity index (χ1) is 21.2. The molecule has 4 rings (SSSR count). The fourth-order valence-electron chi connectivity index (χ4n) is 5.56. The van der Waals surface area contributed by atoms with Crippen LogP contribution in [0.1, 0.15) is 63.2 Å². The van der Waals surface area contributed by atoms with Gasteiger partial charge in [0.05, 0.1) is 18.7 Å². The number of thioether (sulfide) groups is 1. The molecular formula is C28H42N6O9S. The number of hydrogen-bond acceptors (Lipinski definition) is 10. The summed E-state index contributed by atoms with van der Waals surface area (Å²) in [4.78, 5) is 62.3. The Morgan fingerprint density at radius 1 is 1.05 bits per heavy atom. The number of aliphatic hydroxyl groups excluding tert-OH is 3. The lowest BCUT2D eigenvalue weighted by Crippen LogP contribution is -2.38. The second-order valence-electron chi connectivity index (χ2n) is 11.3. The van der Waals surface area contributed by atoms with Crippen molar-refractivity contribution in [2.24, 2.45) is 0 Å². The maximum absolute atomic E-state index is 12.2. The molecule has 3 aliphatic heterocycles. The molecule has 44 heavy (non-hydrogen) atoms. The predicted molar refractivity (Wildman–Crippen MR) is 161 cm³/mol. The number of fused-ring (bicyclic) bond motifs is 1. The lowest BCUT2D eigenvalue weighted by Gasteiger charge is -2.17. The first-order valence-electron chi connectivity index (χ1n) is 15.0. The van der Waals surface area contributed by atoms with E-state index >= 15 is 0 Å². The molecule has 0 unspecified atom stereocenters. The van der Waals surface area contributed by atoms with Crippen molar-refractivity contribution < 1.29 is 34.4 Å². The lowest BCUT2D eigenvalue weighted by atomic mass is 10.0. The number of allylic oxidation sites excluding steroid dienone is 1. The highest BCUT2D eigenvalue weighted by atomic mass is 32.2. The highest BCUT2D eigenvalue weighted by Crippen LogP contribution is 2.33. The molecule has 1 aromatic rings. The van der Waals surface area contributed by atoms with E-state index in [1.165, 1.54) is 18.5 Å². The molecule has 244 valence electrons. The van der Waals surface area contributed by atoms with Crippen molar-refractivity contribution in [3.8, 4) is 0 Å². The minimum absolute atomic E-state index is 0.0220. The topological polar surface area (TPSA) is 224 Å². The summed E-state index contributed by atoms with van der Waals surface area (Å²) in [5.74, 6) is 0.754. The average Bonchev–Trinajstić information content (AvgIpc) is 3.64. The minimum atomic E-state index is -1.48. The summed E-state index contributed by atoms with van der Waals surface area (Å²) in [6.07, 6.45) is 4.69. The van der Waals surface area contributed by atoms with E-state index in [0.29, 0.717) is 31.1 Å². The summed E-state index contributed by atoms with van der Waals surface area (Å²) >= 11 is 1.87. The van der Waals surface area contributed by atoms with Gasteiger partial charge in [0.15, 0.2) is 6.23 Å². The van der Waals surface area contributed by atoms with Gasteiger partial charge in [-0.05, 0) is 32.1 Å². The van der Waals surface area contributed by atoms with Gasteiger partial charge in [-0.25, -0.2) is 9.59 Å². The van der Waals surface area contributed by atoms with Gasteiger partial charge in [0.25, 0.3) is 5.56 Å². The van der Waals surface area contributed by atoms with Gasteiger partial charge in [0.2, 0.25) is 11.8 Å². The lowest BCUT2D eigenvalue weighted by molar-refractivity contribution is -0.121. The monoisotopic (exact) mass is 638 g/mol. The van der Waals surface area contributed by atoms with E-state index in [-0.39, 0.29) is 41.9 Å². The number of ether oxygens (including phenoxy) is 1. The number of carbonyl (C=O) groups excluding carboxylic acids is 3. The van der Waals surface area contributed by atoms with Gasteiger partial charge in [0.1, 0.15) is 18.3 Å². The summed E-state index contributed by atoms with van der Waals surface area (Å²) in [7, 11) is 0. The molecule has 15 nitrogen and oxygen atoms in total. The first-order valence-corrected chi connectivity index (χ1v) is 16.1. The molecule has 0 bridgehead atoms. The second-order valence-corrected chi connectivity index (χ2v) is 12.5. The van der Waals surface area contributed by atoms with Crippen molar-refractivity contribution in [1.29, 1.82) is 0 Å². The molecule has 3 aliphatic rings. The molecule has 8 N–H and O–H groups in total. The Morgan fingerprint density at radius 3 is 2.59 bits per heavy atom. The zero-order valence-corrected chi connectivity index (χ0v) is 25.2. The van der Waals surface area contributed by atoms with E-state index in [1.807, 2.05) is 11.8 Å². The molecule has 3 fully saturated rings. The predicted octanol–water partition coefficient (Wildman–Crippen LogP) is -1.28. The van der Waals surface area contributed by atoms with Crippen LogP contribution < -0.4 is 32.5 Å². The molecule has 0 aromatic carbocycles. The van der Waals surface area contributed by atoms with Crippen molar-refractivity contribution in [3.63, 3.8) is 0 Å². The third kappa shape index (κ3) is 8.94. The zero-order chi connectivity index (χ0) is 31.6. The van der Waals surface area contributed by atoms with Crippen LogP contribution in [0.3, 0.4) is 0 Å². The summed E-state index contributed by atoms with van der Waals surface area (Å²) in [6.45, 7) is 0.00229. The maximum Gasteiger partial charge on any atom is 0.330 e. The molecular weight excluding hydrogens is 596 g/mol. The Balaban J connectivity index is 1.05. The molecule has 7 atom stereocenters. The SMILES string of the molecule is O=C(CCCCCNC(=O)CCCC[C@@H]1SC[C@@H]2NC(=O)N[C@@H]21)NC=CCc1cn([C@@H]2O[C@H](CO)[C@@H](O)[C@H]2O)c(=O)[nH]c1=O. The molecule has 3 saturated heterocycles. The van der Waals surface area contributed by atoms with Crippen molar-refractivity contribution in [2.75, 3.05) is 18.9 Å². The quantitative estimate of drug-likeness (QED) is 0.0791. The number of rotatable bonds is 16. The first kappa shape index (κ1) is 33.7. The van der Waals surface area contributed by atoms with Gasteiger partial charge < -0.3 is 41.3 Å². The van der Waals surface area contributed by atoms with E-state index in [2.05, 4.69) is 26.3 Å². The molecule has 4 heterocycles. The van der Waals surface area contributed by atoms with E-state index in [9.17, 15) is 39.3 Å². The molecule has 4 amide bonds. The van der Waals surface area contributed by atoms with Crippen molar-refractivity contribution in [3.05, 3.63) is 44.9 Å². The largest absolute Gasteiger partial charge is 0.394 e. The van der Waals surface area contributed by atoms with E-state index in [0.717, 1.165) is 42.4 Å². The van der Waals surface area contributed by atoms with Gasteiger partial charge in [-0.2, -0.15) is 11.8 Å². The fourth-order valence-corrected chi connectivity index (χ4v) is 7.10. The Labute approximate surface area is 258 Å². The molecule has 0 spiro atoms. The third-order valence-corrected chi connectivity index (χ3v) is 9.52. The Hall–Kier alpha value is -3.18. The summed E-state index contributed by atoms with van der Waals surface area (Å²) in [6, 6.07) is 0.319. The average molecular weight is 639 g/mol. The Kier molecular flexibility index (Phi) is 12.4. The third-order valence-electron chi connectivity index (χ3n) is 8.02. The fraction of sp³-hybridized carbons (Fsp3) is 0.679. The number of carbonyl (C=O) groups is 3. The van der Waals surface area contributed by atoms with Crippen LogP contribution in [0.2, 0.25) is 0 Å². The summed E-state index contributed by atoms with van der Waals surface area (Å²) in [5, 5.41) is 41.3. The number of nitrogens with zero attached hydrogens (tertiary/aromatic N) is 1. The molecule has 0 aliphatic carbocycles. The Morgan fingerprint density at radius 2 is 1.82 bits per heavy atom. The molecule has 1 aromatic heterocycles. The minimum Gasteiger partial charge on any atom is -0.394 e. The number of H-pyrrole nitrogens is 1. The molecule has 0 saturated carbocycles. The summed E-state index contributed by atoms with van der Waals surface area (Å²) in [5.41, 5.74) is -1.31. The normalized spacial score (nSPS) is 27.7. The van der Waals surface area contributed by atoms with Gasteiger partial charge >= 0.3 is 11.7 Å². The highest BCUT2D eigenvalue weighted by molar-refractivity contribution is 8.00. The van der Waals surface area contributed by atoms with Crippen molar-refractivity contribution in [1.82, 2.24) is 30.8 Å². The van der Waals surface area contributed by atoms with Crippen LogP contribution in [0, 0.1) is 0 Å².